The van der Waals surface area contributed by atoms with Gasteiger partial charge in [0.25, 0.3) is 0 Å². The fraction of sp³-hybridized carbons (Fsp3) is 0.647. The van der Waals surface area contributed by atoms with Crippen molar-refractivity contribution in [3.63, 3.8) is 0 Å². The summed E-state index contributed by atoms with van der Waals surface area (Å²) in [6.45, 7) is 6.76. The van der Waals surface area contributed by atoms with Gasteiger partial charge in [0.1, 0.15) is 0 Å². The summed E-state index contributed by atoms with van der Waals surface area (Å²) >= 11 is 5.91. The molecule has 108 valence electrons. The maximum absolute atomic E-state index is 5.91. The molecule has 1 aromatic carbocycles. The maximum Gasteiger partial charge on any atom is 0.0406 e. The quantitative estimate of drug-likeness (QED) is 0.569. The monoisotopic (exact) mass is 281 g/mol. The van der Waals surface area contributed by atoms with Crippen molar-refractivity contribution < 1.29 is 0 Å². The molecular weight excluding hydrogens is 254 g/mol. The zero-order valence-electron chi connectivity index (χ0n) is 12.6. The second-order valence-electron chi connectivity index (χ2n) is 5.54. The molecule has 0 saturated carbocycles. The zero-order chi connectivity index (χ0) is 14.1. The van der Waals surface area contributed by atoms with Crippen LogP contribution in [0.2, 0.25) is 5.02 Å². The molecule has 0 aliphatic rings. The van der Waals surface area contributed by atoms with Gasteiger partial charge in [-0.1, -0.05) is 62.8 Å². The molecule has 0 aliphatic heterocycles. The van der Waals surface area contributed by atoms with E-state index in [-0.39, 0.29) is 0 Å². The Labute approximate surface area is 123 Å². The topological polar surface area (TPSA) is 12.0 Å². The Balaban J connectivity index is 2.23. The van der Waals surface area contributed by atoms with Gasteiger partial charge in [0.05, 0.1) is 0 Å². The lowest BCUT2D eigenvalue weighted by molar-refractivity contribution is 0.436. The van der Waals surface area contributed by atoms with Gasteiger partial charge in [0.15, 0.2) is 0 Å². The van der Waals surface area contributed by atoms with Gasteiger partial charge in [0.2, 0.25) is 0 Å². The van der Waals surface area contributed by atoms with Crippen molar-refractivity contribution >= 4 is 11.6 Å². The van der Waals surface area contributed by atoms with Gasteiger partial charge >= 0.3 is 0 Å². The fourth-order valence-corrected chi connectivity index (χ4v) is 2.54. The molecule has 0 spiro atoms. The largest absolute Gasteiger partial charge is 0.308 e. The molecule has 1 rings (SSSR count). The molecule has 1 nitrogen and oxygen atoms in total. The summed E-state index contributed by atoms with van der Waals surface area (Å²) in [5, 5.41) is 4.47. The van der Waals surface area contributed by atoms with Crippen LogP contribution in [0, 0.1) is 0 Å². The number of hydrogen-bond acceptors (Lipinski definition) is 1. The molecule has 0 fully saturated rings. The van der Waals surface area contributed by atoms with E-state index >= 15 is 0 Å². The highest BCUT2D eigenvalue weighted by Gasteiger charge is 2.09. The van der Waals surface area contributed by atoms with Crippen LogP contribution >= 0.6 is 11.6 Å². The molecule has 0 aliphatic carbocycles. The summed E-state index contributed by atoms with van der Waals surface area (Å²) in [6, 6.07) is 9.10. The summed E-state index contributed by atoms with van der Waals surface area (Å²) in [4.78, 5) is 0. The van der Waals surface area contributed by atoms with E-state index in [1.165, 1.54) is 44.1 Å². The van der Waals surface area contributed by atoms with E-state index < -0.39 is 0 Å². The first-order chi connectivity index (χ1) is 9.13. The van der Waals surface area contributed by atoms with Gasteiger partial charge in [-0.25, -0.2) is 0 Å². The molecule has 2 heteroatoms. The number of nitrogens with one attached hydrogen (secondary N) is 1. The summed E-state index contributed by atoms with van der Waals surface area (Å²) in [7, 11) is 0. The van der Waals surface area contributed by atoms with Crippen LogP contribution in [0.1, 0.15) is 70.9 Å². The van der Waals surface area contributed by atoms with Gasteiger partial charge in [-0.05, 0) is 38.0 Å². The van der Waals surface area contributed by atoms with Crippen LogP contribution in [0.4, 0.5) is 0 Å². The average molecular weight is 282 g/mol. The second-order valence-corrected chi connectivity index (χ2v) is 5.98. The Morgan fingerprint density at radius 2 is 1.63 bits per heavy atom. The van der Waals surface area contributed by atoms with Crippen LogP contribution in [0.3, 0.4) is 0 Å². The molecule has 0 aromatic heterocycles. The highest BCUT2D eigenvalue weighted by molar-refractivity contribution is 6.30. The normalized spacial score (nSPS) is 14.3. The van der Waals surface area contributed by atoms with Gasteiger partial charge in [-0.15, -0.1) is 0 Å². The first-order valence-electron chi connectivity index (χ1n) is 7.65. The highest BCUT2D eigenvalue weighted by Crippen LogP contribution is 2.17. The molecular formula is C17H28ClN. The van der Waals surface area contributed by atoms with Crippen molar-refractivity contribution in [3.05, 3.63) is 34.9 Å². The van der Waals surface area contributed by atoms with Crippen LogP contribution in [0.25, 0.3) is 0 Å². The molecule has 1 N–H and O–H groups in total. The van der Waals surface area contributed by atoms with E-state index in [1.54, 1.807) is 0 Å². The summed E-state index contributed by atoms with van der Waals surface area (Å²) in [6.07, 6.45) is 8.05. The average Bonchev–Trinajstić information content (AvgIpc) is 2.39. The lowest BCUT2D eigenvalue weighted by Gasteiger charge is -2.20. The summed E-state index contributed by atoms with van der Waals surface area (Å²) in [5.74, 6) is 0. The molecule has 0 radical (unpaired) electrons. The third-order valence-corrected chi connectivity index (χ3v) is 3.90. The minimum Gasteiger partial charge on any atom is -0.308 e. The van der Waals surface area contributed by atoms with Crippen molar-refractivity contribution in [1.29, 1.82) is 0 Å². The van der Waals surface area contributed by atoms with Gasteiger partial charge in [0, 0.05) is 17.1 Å². The molecule has 2 atom stereocenters. The number of hydrogen-bond donors (Lipinski definition) is 1. The Morgan fingerprint density at radius 1 is 1.00 bits per heavy atom. The lowest BCUT2D eigenvalue weighted by Crippen LogP contribution is -2.28. The van der Waals surface area contributed by atoms with E-state index in [9.17, 15) is 0 Å². The Hall–Kier alpha value is -0.530. The molecule has 0 heterocycles. The van der Waals surface area contributed by atoms with Crippen molar-refractivity contribution in [1.82, 2.24) is 5.32 Å². The van der Waals surface area contributed by atoms with Crippen LogP contribution in [0.5, 0.6) is 0 Å². The molecule has 0 bridgehead atoms. The zero-order valence-corrected chi connectivity index (χ0v) is 13.3. The first kappa shape index (κ1) is 16.5. The third-order valence-electron chi connectivity index (χ3n) is 3.65. The second kappa shape index (κ2) is 9.39. The van der Waals surface area contributed by atoms with Gasteiger partial charge in [-0.2, -0.15) is 0 Å². The lowest BCUT2D eigenvalue weighted by atomic mass is 10.0. The summed E-state index contributed by atoms with van der Waals surface area (Å²) < 4.78 is 0. The van der Waals surface area contributed by atoms with E-state index in [1.807, 2.05) is 12.1 Å². The number of unbranched alkanes of at least 4 members (excludes halogenated alkanes) is 4. The molecule has 1 unspecified atom stereocenters. The van der Waals surface area contributed by atoms with Crippen LogP contribution < -0.4 is 5.32 Å². The number of halogens is 1. The molecule has 1 aromatic rings. The van der Waals surface area contributed by atoms with Crippen LogP contribution in [-0.4, -0.2) is 6.04 Å². The Kier molecular flexibility index (Phi) is 8.16. The number of rotatable bonds is 9. The van der Waals surface area contributed by atoms with Crippen molar-refractivity contribution in [3.8, 4) is 0 Å². The first-order valence-corrected chi connectivity index (χ1v) is 8.02. The number of benzene rings is 1. The molecule has 0 saturated heterocycles. The summed E-state index contributed by atoms with van der Waals surface area (Å²) in [5.41, 5.74) is 1.31. The smallest absolute Gasteiger partial charge is 0.0406 e. The predicted octanol–water partition coefficient (Wildman–Crippen LogP) is 5.74. The Morgan fingerprint density at radius 3 is 2.26 bits per heavy atom. The van der Waals surface area contributed by atoms with E-state index in [0.717, 1.165) is 5.02 Å². The fourth-order valence-electron chi connectivity index (χ4n) is 2.41. The van der Waals surface area contributed by atoms with E-state index in [4.69, 9.17) is 11.6 Å². The molecule has 19 heavy (non-hydrogen) atoms. The minimum atomic E-state index is 0.392. The minimum absolute atomic E-state index is 0.392. The van der Waals surface area contributed by atoms with E-state index in [2.05, 4.69) is 38.2 Å². The SMILES string of the molecule is CCCCCCCC(C)N[C@@H](C)c1ccc(Cl)cc1. The van der Waals surface area contributed by atoms with Crippen LogP contribution in [0.15, 0.2) is 24.3 Å². The van der Waals surface area contributed by atoms with Gasteiger partial charge < -0.3 is 5.32 Å². The third kappa shape index (κ3) is 6.98. The van der Waals surface area contributed by atoms with Crippen molar-refractivity contribution in [2.75, 3.05) is 0 Å². The standard InChI is InChI=1S/C17H28ClN/c1-4-5-6-7-8-9-14(2)19-15(3)16-10-12-17(18)13-11-16/h10-15,19H,4-9H2,1-3H3/t14?,15-/m0/s1. The van der Waals surface area contributed by atoms with Crippen molar-refractivity contribution in [2.24, 2.45) is 0 Å². The maximum atomic E-state index is 5.91. The Bertz CT molecular complexity index is 334. The van der Waals surface area contributed by atoms with Crippen LogP contribution in [-0.2, 0) is 0 Å². The van der Waals surface area contributed by atoms with Crippen molar-refractivity contribution in [2.45, 2.75) is 71.4 Å². The highest BCUT2D eigenvalue weighted by atomic mass is 35.5. The predicted molar refractivity (Wildman–Crippen MR) is 85.8 cm³/mol. The van der Waals surface area contributed by atoms with Gasteiger partial charge in [-0.3, -0.25) is 0 Å². The van der Waals surface area contributed by atoms with E-state index in [0.29, 0.717) is 12.1 Å². The molecule has 0 amide bonds.